The standard InChI is InChI=1S/C44H54F3N5O8S3/c1-7-27-14-24(2)10-8-9-11-28-19-43(28,41(56)51-63(57,58)31-12-13-31)20-36(53)35-17-30(23-52(35)40(55)32(27)18-37(54)60-42(5,6)44(45,46)47)59-29-15-33(38-48-21-25(3)61-38)50-34(16-29)39-49-22-26(4)62-39/h9,11,15-16,21-22,24,27-28,30-32,35H,7-8,10,12-14,17-20,23H2,1-6H3,(H,51,56)/b11-9-/t24-,27-,28-,30-,32+,35+,43-/m1/s1. The lowest BCUT2D eigenvalue weighted by atomic mass is 9.79. The van der Waals surface area contributed by atoms with Crippen LogP contribution in [0.4, 0.5) is 13.2 Å². The molecule has 2 saturated carbocycles. The maximum Gasteiger partial charge on any atom is 0.427 e. The summed E-state index contributed by atoms with van der Waals surface area (Å²) in [4.78, 5) is 74.5. The Hall–Kier alpha value is -4.23. The van der Waals surface area contributed by atoms with E-state index in [1.54, 1.807) is 24.5 Å². The maximum absolute atomic E-state index is 15.1. The van der Waals surface area contributed by atoms with E-state index in [0.29, 0.717) is 65.7 Å². The lowest BCUT2D eigenvalue weighted by Gasteiger charge is -2.34. The number of pyridine rings is 1. The lowest BCUT2D eigenvalue weighted by molar-refractivity contribution is -0.257. The second-order valence-electron chi connectivity index (χ2n) is 18.2. The number of rotatable bonds is 11. The highest BCUT2D eigenvalue weighted by Gasteiger charge is 2.62. The number of fused-ring (bicyclic) bond motifs is 2. The lowest BCUT2D eigenvalue weighted by Crippen LogP contribution is -2.48. The molecule has 2 aliphatic carbocycles. The van der Waals surface area contributed by atoms with Crippen LogP contribution in [0.5, 0.6) is 5.75 Å². The van der Waals surface area contributed by atoms with Gasteiger partial charge in [-0.1, -0.05) is 32.4 Å². The second-order valence-corrected chi connectivity index (χ2v) is 22.6. The number of alkyl halides is 3. The van der Waals surface area contributed by atoms with Gasteiger partial charge in [-0.05, 0) is 84.0 Å². The van der Waals surface area contributed by atoms with Crippen LogP contribution >= 0.6 is 22.7 Å². The summed E-state index contributed by atoms with van der Waals surface area (Å²) in [7, 11) is -3.95. The summed E-state index contributed by atoms with van der Waals surface area (Å²) in [5, 5.41) is 0.608. The van der Waals surface area contributed by atoms with Gasteiger partial charge in [0, 0.05) is 47.1 Å². The molecule has 0 radical (unpaired) electrons. The highest BCUT2D eigenvalue weighted by atomic mass is 32.2. The van der Waals surface area contributed by atoms with Gasteiger partial charge in [-0.25, -0.2) is 23.4 Å². The third kappa shape index (κ3) is 10.5. The first-order chi connectivity index (χ1) is 29.6. The van der Waals surface area contributed by atoms with Crippen LogP contribution in [0, 0.1) is 42.9 Å². The van der Waals surface area contributed by atoms with E-state index in [4.69, 9.17) is 14.5 Å². The van der Waals surface area contributed by atoms with Crippen molar-refractivity contribution in [2.24, 2.45) is 29.1 Å². The molecule has 7 atom stereocenters. The molecule has 0 aromatic carbocycles. The normalized spacial score (nSPS) is 27.7. The summed E-state index contributed by atoms with van der Waals surface area (Å²) in [5.41, 5.74) is -3.15. The number of thiazole rings is 2. The molecule has 19 heteroatoms. The quantitative estimate of drug-likeness (QED) is 0.145. The number of hydrogen-bond acceptors (Lipinski definition) is 13. The molecule has 1 saturated heterocycles. The van der Waals surface area contributed by atoms with Crippen LogP contribution in [0.3, 0.4) is 0 Å². The summed E-state index contributed by atoms with van der Waals surface area (Å²) in [6.45, 7) is 9.08. The summed E-state index contributed by atoms with van der Waals surface area (Å²) in [6, 6.07) is 2.27. The van der Waals surface area contributed by atoms with Crippen molar-refractivity contribution >= 4 is 56.3 Å². The van der Waals surface area contributed by atoms with Crippen LogP contribution in [0.1, 0.15) is 102 Å². The maximum atomic E-state index is 15.1. The molecule has 3 fully saturated rings. The van der Waals surface area contributed by atoms with Gasteiger partial charge in [0.15, 0.2) is 5.78 Å². The van der Waals surface area contributed by atoms with Gasteiger partial charge in [0.2, 0.25) is 27.4 Å². The van der Waals surface area contributed by atoms with Gasteiger partial charge in [-0.3, -0.25) is 23.9 Å². The molecule has 13 nitrogen and oxygen atoms in total. The van der Waals surface area contributed by atoms with Crippen molar-refractivity contribution in [1.29, 1.82) is 0 Å². The number of ketones is 1. The number of esters is 1. The largest absolute Gasteiger partial charge is 0.488 e. The number of aromatic nitrogens is 3. The fourth-order valence-corrected chi connectivity index (χ4v) is 11.6. The van der Waals surface area contributed by atoms with Crippen LogP contribution in [0.15, 0.2) is 36.7 Å². The van der Waals surface area contributed by atoms with Gasteiger partial charge in [0.1, 0.15) is 33.3 Å². The van der Waals surface area contributed by atoms with E-state index < -0.39 is 92.4 Å². The predicted molar refractivity (Wildman–Crippen MR) is 231 cm³/mol. The minimum atomic E-state index is -4.87. The number of nitrogens with zero attached hydrogens (tertiary/aromatic N) is 4. The number of sulfonamides is 1. The molecule has 0 unspecified atom stereocenters. The number of hydrogen-bond donors (Lipinski definition) is 1. The number of allylic oxidation sites excluding steroid dienone is 2. The van der Waals surface area contributed by atoms with Crippen molar-refractivity contribution in [2.45, 2.75) is 135 Å². The number of Topliss-reactive ketones (excluding diaryl/α,β-unsaturated/α-hetero) is 1. The molecule has 0 bridgehead atoms. The fourth-order valence-electron chi connectivity index (χ4n) is 8.74. The van der Waals surface area contributed by atoms with Gasteiger partial charge in [-0.2, -0.15) is 13.2 Å². The number of carbonyl (C=O) groups is 4. The zero-order valence-electron chi connectivity index (χ0n) is 36.2. The highest BCUT2D eigenvalue weighted by Crippen LogP contribution is 2.57. The Morgan fingerprint density at radius 3 is 2.19 bits per heavy atom. The first-order valence-electron chi connectivity index (χ1n) is 21.5. The molecule has 2 amide bonds. The van der Waals surface area contributed by atoms with E-state index in [-0.39, 0.29) is 31.7 Å². The average Bonchev–Trinajstić information content (AvgIpc) is 4.02. The van der Waals surface area contributed by atoms with Gasteiger partial charge < -0.3 is 14.4 Å². The van der Waals surface area contributed by atoms with Gasteiger partial charge in [0.25, 0.3) is 0 Å². The van der Waals surface area contributed by atoms with Crippen LogP contribution in [-0.4, -0.2) is 87.6 Å². The number of aryl methyl sites for hydroxylation is 2. The molecule has 5 heterocycles. The molecule has 1 N–H and O–H groups in total. The number of carbonyl (C=O) groups excluding carboxylic acids is 4. The summed E-state index contributed by atoms with van der Waals surface area (Å²) < 4.78 is 81.6. The van der Waals surface area contributed by atoms with Crippen LogP contribution in [0.25, 0.3) is 21.4 Å². The average molecular weight is 934 g/mol. The minimum Gasteiger partial charge on any atom is -0.488 e. The monoisotopic (exact) mass is 933 g/mol. The summed E-state index contributed by atoms with van der Waals surface area (Å²) in [6.07, 6.45) is 3.79. The Labute approximate surface area is 373 Å². The van der Waals surface area contributed by atoms with Crippen molar-refractivity contribution in [3.63, 3.8) is 0 Å². The third-order valence-electron chi connectivity index (χ3n) is 12.7. The van der Waals surface area contributed by atoms with Crippen molar-refractivity contribution in [3.8, 4) is 27.2 Å². The summed E-state index contributed by atoms with van der Waals surface area (Å²) in [5.74, 6) is -4.72. The summed E-state index contributed by atoms with van der Waals surface area (Å²) >= 11 is 2.88. The molecule has 3 aromatic rings. The van der Waals surface area contributed by atoms with E-state index in [2.05, 4.69) is 14.7 Å². The Balaban J connectivity index is 1.25. The van der Waals surface area contributed by atoms with Crippen molar-refractivity contribution in [2.75, 3.05) is 6.54 Å². The minimum absolute atomic E-state index is 0.0176. The molecule has 3 aromatic heterocycles. The van der Waals surface area contributed by atoms with Gasteiger partial charge in [0.05, 0.1) is 35.6 Å². The number of nitrogens with one attached hydrogen (secondary N) is 1. The van der Waals surface area contributed by atoms with E-state index in [9.17, 15) is 36.0 Å². The van der Waals surface area contributed by atoms with Crippen LogP contribution < -0.4 is 9.46 Å². The van der Waals surface area contributed by atoms with Crippen molar-refractivity contribution in [3.05, 3.63) is 46.4 Å². The van der Waals surface area contributed by atoms with Gasteiger partial charge >= 0.3 is 12.1 Å². The number of halogens is 3. The predicted octanol–water partition coefficient (Wildman–Crippen LogP) is 8.16. The smallest absolute Gasteiger partial charge is 0.427 e. The molecule has 0 spiro atoms. The fraction of sp³-hybridized carbons (Fsp3) is 0.614. The first-order valence-corrected chi connectivity index (χ1v) is 24.7. The van der Waals surface area contributed by atoms with Crippen molar-refractivity contribution in [1.82, 2.24) is 24.6 Å². The molecule has 7 rings (SSSR count). The third-order valence-corrected chi connectivity index (χ3v) is 16.4. The Bertz CT molecular complexity index is 2320. The SMILES string of the molecule is CC[C@@H]1C[C@H](C)CC/C=C\[C@@H]2C[C@@]2(C(=O)NS(=O)(=O)C2CC2)CC(=O)[C@@H]2C[C@@H](Oc3cc(-c4ncc(C)s4)nc(-c4ncc(C)s4)c3)CN2C(=O)[C@H]1CC(=O)OC(C)(C)C(F)(F)F. The molecule has 342 valence electrons. The second kappa shape index (κ2) is 18.0. The first kappa shape index (κ1) is 46.8. The van der Waals surface area contributed by atoms with Crippen LogP contribution in [0.2, 0.25) is 0 Å². The topological polar surface area (TPSA) is 175 Å². The Morgan fingerprint density at radius 1 is 1.00 bits per heavy atom. The molecule has 4 aliphatic rings. The zero-order valence-corrected chi connectivity index (χ0v) is 38.6. The van der Waals surface area contributed by atoms with Crippen LogP contribution in [-0.2, 0) is 33.9 Å². The Kier molecular flexibility index (Phi) is 13.3. The van der Waals surface area contributed by atoms with E-state index in [1.807, 2.05) is 39.8 Å². The zero-order chi connectivity index (χ0) is 45.6. The van der Waals surface area contributed by atoms with E-state index >= 15 is 4.79 Å². The number of amides is 2. The van der Waals surface area contributed by atoms with E-state index in [1.165, 1.54) is 27.6 Å². The molecule has 2 aliphatic heterocycles. The molecular weight excluding hydrogens is 880 g/mol. The molecule has 63 heavy (non-hydrogen) atoms. The van der Waals surface area contributed by atoms with Gasteiger partial charge in [-0.15, -0.1) is 22.7 Å². The number of ether oxygens (including phenoxy) is 2. The molecular formula is C44H54F3N5O8S3. The van der Waals surface area contributed by atoms with E-state index in [0.717, 1.165) is 23.6 Å². The van der Waals surface area contributed by atoms with Crippen molar-refractivity contribution < 1.29 is 50.2 Å². The Morgan fingerprint density at radius 2 is 1.63 bits per heavy atom. The highest BCUT2D eigenvalue weighted by molar-refractivity contribution is 7.90.